The number of aryl methyl sites for hydroxylation is 3. The molecule has 1 amide bonds. The van der Waals surface area contributed by atoms with Crippen LogP contribution in [0, 0.1) is 20.8 Å². The lowest BCUT2D eigenvalue weighted by Gasteiger charge is -2.36. The lowest BCUT2D eigenvalue weighted by molar-refractivity contribution is 0.0643. The average Bonchev–Trinajstić information content (AvgIpc) is 2.82. The summed E-state index contributed by atoms with van der Waals surface area (Å²) >= 11 is 0. The van der Waals surface area contributed by atoms with Crippen molar-refractivity contribution in [2.45, 2.75) is 52.1 Å². The van der Waals surface area contributed by atoms with Crippen molar-refractivity contribution in [2.75, 3.05) is 0 Å². The number of hydrogen-bond donors (Lipinski definition) is 0. The molecule has 2 aliphatic rings. The number of nitrogens with zero attached hydrogens (tertiary/aromatic N) is 3. The van der Waals surface area contributed by atoms with Crippen LogP contribution in [0.3, 0.4) is 0 Å². The Morgan fingerprint density at radius 3 is 2.83 bits per heavy atom. The van der Waals surface area contributed by atoms with Gasteiger partial charge in [0.15, 0.2) is 0 Å². The van der Waals surface area contributed by atoms with Crippen LogP contribution in [0.25, 0.3) is 0 Å². The predicted octanol–water partition coefficient (Wildman–Crippen LogP) is 3.30. The van der Waals surface area contributed by atoms with E-state index in [1.165, 1.54) is 5.56 Å². The topological polar surface area (TPSA) is 46.1 Å². The third-order valence-electron chi connectivity index (χ3n) is 5.16. The minimum absolute atomic E-state index is 0.137. The molecule has 2 unspecified atom stereocenters. The van der Waals surface area contributed by atoms with Gasteiger partial charge in [-0.05, 0) is 45.2 Å². The molecule has 2 aromatic rings. The van der Waals surface area contributed by atoms with Crippen LogP contribution in [0.4, 0.5) is 0 Å². The van der Waals surface area contributed by atoms with Crippen molar-refractivity contribution in [3.05, 3.63) is 58.2 Å². The van der Waals surface area contributed by atoms with Gasteiger partial charge in [-0.15, -0.1) is 0 Å². The Hall–Kier alpha value is -2.23. The first-order valence-electron chi connectivity index (χ1n) is 8.27. The SMILES string of the molecule is Cc1ccc(C(=O)N2C3CCC2c2cnc(C)nc2C3)c(C)c1. The van der Waals surface area contributed by atoms with E-state index in [9.17, 15) is 4.79 Å². The van der Waals surface area contributed by atoms with Gasteiger partial charge in [0.2, 0.25) is 0 Å². The highest BCUT2D eigenvalue weighted by atomic mass is 16.2. The van der Waals surface area contributed by atoms with E-state index in [1.54, 1.807) is 0 Å². The molecule has 2 aliphatic heterocycles. The molecule has 1 aromatic heterocycles. The molecule has 2 bridgehead atoms. The largest absolute Gasteiger partial charge is 0.328 e. The minimum Gasteiger partial charge on any atom is -0.328 e. The zero-order valence-electron chi connectivity index (χ0n) is 13.8. The first-order valence-corrected chi connectivity index (χ1v) is 8.27. The quantitative estimate of drug-likeness (QED) is 0.812. The van der Waals surface area contributed by atoms with Crippen molar-refractivity contribution < 1.29 is 4.79 Å². The Balaban J connectivity index is 1.73. The van der Waals surface area contributed by atoms with Gasteiger partial charge >= 0.3 is 0 Å². The first-order chi connectivity index (χ1) is 11.0. The van der Waals surface area contributed by atoms with E-state index < -0.39 is 0 Å². The molecule has 3 heterocycles. The summed E-state index contributed by atoms with van der Waals surface area (Å²) in [5.74, 6) is 0.971. The maximum absolute atomic E-state index is 13.2. The predicted molar refractivity (Wildman–Crippen MR) is 88.3 cm³/mol. The highest BCUT2D eigenvalue weighted by Crippen LogP contribution is 2.43. The highest BCUT2D eigenvalue weighted by molar-refractivity contribution is 5.96. The van der Waals surface area contributed by atoms with Gasteiger partial charge in [-0.1, -0.05) is 17.7 Å². The lowest BCUT2D eigenvalue weighted by Crippen LogP contribution is -2.42. The smallest absolute Gasteiger partial charge is 0.254 e. The van der Waals surface area contributed by atoms with Gasteiger partial charge in [-0.2, -0.15) is 0 Å². The van der Waals surface area contributed by atoms with E-state index in [-0.39, 0.29) is 18.0 Å². The zero-order valence-corrected chi connectivity index (χ0v) is 13.8. The van der Waals surface area contributed by atoms with Gasteiger partial charge in [0.25, 0.3) is 5.91 Å². The second kappa shape index (κ2) is 5.15. The number of amides is 1. The Kier molecular flexibility index (Phi) is 3.22. The normalized spacial score (nSPS) is 22.1. The second-order valence-corrected chi connectivity index (χ2v) is 6.80. The van der Waals surface area contributed by atoms with Gasteiger partial charge < -0.3 is 4.90 Å². The van der Waals surface area contributed by atoms with Crippen molar-refractivity contribution in [2.24, 2.45) is 0 Å². The van der Waals surface area contributed by atoms with Crippen molar-refractivity contribution in [3.63, 3.8) is 0 Å². The zero-order chi connectivity index (χ0) is 16.1. The van der Waals surface area contributed by atoms with Gasteiger partial charge in [-0.25, -0.2) is 9.97 Å². The number of fused-ring (bicyclic) bond motifs is 4. The van der Waals surface area contributed by atoms with Crippen LogP contribution in [-0.2, 0) is 6.42 Å². The molecule has 23 heavy (non-hydrogen) atoms. The van der Waals surface area contributed by atoms with Crippen molar-refractivity contribution in [3.8, 4) is 0 Å². The summed E-state index contributed by atoms with van der Waals surface area (Å²) in [6.07, 6.45) is 4.84. The fourth-order valence-electron chi connectivity index (χ4n) is 4.08. The van der Waals surface area contributed by atoms with Crippen LogP contribution in [0.5, 0.6) is 0 Å². The molecular formula is C19H21N3O. The van der Waals surface area contributed by atoms with Gasteiger partial charge in [-0.3, -0.25) is 4.79 Å². The number of benzene rings is 1. The third kappa shape index (κ3) is 2.24. The van der Waals surface area contributed by atoms with Crippen LogP contribution in [-0.4, -0.2) is 26.8 Å². The van der Waals surface area contributed by atoms with E-state index in [4.69, 9.17) is 0 Å². The standard InChI is InChI=1S/C19H21N3O/c1-11-4-6-15(12(2)8-11)19(23)22-14-5-7-18(22)16-10-20-13(3)21-17(16)9-14/h4,6,8,10,14,18H,5,7,9H2,1-3H3. The average molecular weight is 307 g/mol. The van der Waals surface area contributed by atoms with Crippen LogP contribution < -0.4 is 0 Å². The summed E-state index contributed by atoms with van der Waals surface area (Å²) in [4.78, 5) is 24.2. The van der Waals surface area contributed by atoms with Gasteiger partial charge in [0.1, 0.15) is 5.82 Å². The highest BCUT2D eigenvalue weighted by Gasteiger charge is 2.43. The summed E-state index contributed by atoms with van der Waals surface area (Å²) in [7, 11) is 0. The lowest BCUT2D eigenvalue weighted by atomic mass is 9.96. The van der Waals surface area contributed by atoms with Crippen molar-refractivity contribution >= 4 is 5.91 Å². The molecule has 4 rings (SSSR count). The maximum Gasteiger partial charge on any atom is 0.254 e. The molecule has 1 fully saturated rings. The van der Waals surface area contributed by atoms with Crippen LogP contribution >= 0.6 is 0 Å². The fraction of sp³-hybridized carbons (Fsp3) is 0.421. The van der Waals surface area contributed by atoms with Gasteiger partial charge in [0.05, 0.1) is 11.7 Å². The molecule has 0 radical (unpaired) electrons. The van der Waals surface area contributed by atoms with E-state index in [0.717, 1.165) is 47.5 Å². The summed E-state index contributed by atoms with van der Waals surface area (Å²) in [6, 6.07) is 6.48. The Morgan fingerprint density at radius 1 is 1.22 bits per heavy atom. The number of carbonyl (C=O) groups excluding carboxylic acids is 1. The molecule has 2 atom stereocenters. The Morgan fingerprint density at radius 2 is 2.04 bits per heavy atom. The van der Waals surface area contributed by atoms with Crippen LogP contribution in [0.2, 0.25) is 0 Å². The molecule has 4 heteroatoms. The summed E-state index contributed by atoms with van der Waals surface area (Å²) in [6.45, 7) is 6.00. The van der Waals surface area contributed by atoms with Crippen LogP contribution in [0.1, 0.15) is 57.5 Å². The van der Waals surface area contributed by atoms with E-state index >= 15 is 0 Å². The number of aromatic nitrogens is 2. The third-order valence-corrected chi connectivity index (χ3v) is 5.16. The molecular weight excluding hydrogens is 286 g/mol. The molecule has 0 aliphatic carbocycles. The molecule has 0 N–H and O–H groups in total. The van der Waals surface area contributed by atoms with Crippen molar-refractivity contribution in [1.29, 1.82) is 0 Å². The van der Waals surface area contributed by atoms with E-state index in [1.807, 2.05) is 32.2 Å². The molecule has 1 aromatic carbocycles. The second-order valence-electron chi connectivity index (χ2n) is 6.80. The van der Waals surface area contributed by atoms with E-state index in [0.29, 0.717) is 0 Å². The number of hydrogen-bond acceptors (Lipinski definition) is 3. The molecule has 0 saturated carbocycles. The molecule has 0 spiro atoms. The van der Waals surface area contributed by atoms with Crippen molar-refractivity contribution in [1.82, 2.24) is 14.9 Å². The summed E-state index contributed by atoms with van der Waals surface area (Å²) in [5.41, 5.74) is 5.34. The van der Waals surface area contributed by atoms with E-state index in [2.05, 4.69) is 27.9 Å². The fourth-order valence-corrected chi connectivity index (χ4v) is 4.08. The Labute approximate surface area is 136 Å². The number of rotatable bonds is 1. The maximum atomic E-state index is 13.2. The molecule has 118 valence electrons. The number of carbonyl (C=O) groups is 1. The molecule has 4 nitrogen and oxygen atoms in total. The van der Waals surface area contributed by atoms with Crippen LogP contribution in [0.15, 0.2) is 24.4 Å². The summed E-state index contributed by atoms with van der Waals surface area (Å²) in [5, 5.41) is 0. The minimum atomic E-state index is 0.137. The monoisotopic (exact) mass is 307 g/mol. The Bertz CT molecular complexity index is 799. The molecule has 1 saturated heterocycles. The van der Waals surface area contributed by atoms with Gasteiger partial charge in [0, 0.05) is 29.8 Å². The first kappa shape index (κ1) is 14.4. The summed E-state index contributed by atoms with van der Waals surface area (Å²) < 4.78 is 0.